The molecule has 6 heteroatoms. The second-order valence-electron chi connectivity index (χ2n) is 28.9. The van der Waals surface area contributed by atoms with Crippen molar-refractivity contribution in [1.82, 2.24) is 0 Å². The van der Waals surface area contributed by atoms with Crippen LogP contribution in [0.15, 0.2) is 418 Å². The Labute approximate surface area is 644 Å². The Bertz CT molecular complexity index is 7610. The molecule has 23 rings (SSSR count). The number of anilines is 6. The molecule has 0 saturated carbocycles. The molecule has 0 saturated heterocycles. The van der Waals surface area contributed by atoms with Crippen molar-refractivity contribution in [3.8, 4) is 55.6 Å². The number of furan rings is 4. The van der Waals surface area contributed by atoms with Gasteiger partial charge in [-0.25, -0.2) is 0 Å². The summed E-state index contributed by atoms with van der Waals surface area (Å²) >= 11 is 0. The third kappa shape index (κ3) is 10.7. The molecule has 19 aromatic carbocycles. The van der Waals surface area contributed by atoms with Crippen molar-refractivity contribution in [2.45, 2.75) is 0 Å². The second kappa shape index (κ2) is 26.5. The molecule has 0 radical (unpaired) electrons. The van der Waals surface area contributed by atoms with Crippen molar-refractivity contribution in [2.75, 3.05) is 9.80 Å². The smallest absolute Gasteiger partial charge is 0.159 e. The van der Waals surface area contributed by atoms with Crippen LogP contribution in [0.25, 0.3) is 186 Å². The fraction of sp³-hybridized carbons (Fsp3) is 0. The predicted octanol–water partition coefficient (Wildman–Crippen LogP) is 30.9. The summed E-state index contributed by atoms with van der Waals surface area (Å²) < 4.78 is 28.1. The van der Waals surface area contributed by atoms with Crippen molar-refractivity contribution < 1.29 is 17.7 Å². The van der Waals surface area contributed by atoms with E-state index in [9.17, 15) is 0 Å². The van der Waals surface area contributed by atoms with Crippen molar-refractivity contribution >= 4 is 165 Å². The van der Waals surface area contributed by atoms with Gasteiger partial charge in [0.15, 0.2) is 22.3 Å². The highest BCUT2D eigenvalue weighted by Gasteiger charge is 2.29. The van der Waals surface area contributed by atoms with Gasteiger partial charge < -0.3 is 27.5 Å². The topological polar surface area (TPSA) is 59.0 Å². The lowest BCUT2D eigenvalue weighted by Gasteiger charge is -2.27. The molecule has 112 heavy (non-hydrogen) atoms. The van der Waals surface area contributed by atoms with Crippen LogP contribution in [0.2, 0.25) is 0 Å². The lowest BCUT2D eigenvalue weighted by atomic mass is 9.95. The second-order valence-corrected chi connectivity index (χ2v) is 28.9. The van der Waals surface area contributed by atoms with Crippen molar-refractivity contribution in [3.05, 3.63) is 400 Å². The first-order valence-electron chi connectivity index (χ1n) is 38.1. The molecular weight excluding hydrogens is 1370 g/mol. The van der Waals surface area contributed by atoms with Crippen LogP contribution in [0.1, 0.15) is 0 Å². The Morgan fingerprint density at radius 3 is 0.911 bits per heavy atom. The van der Waals surface area contributed by atoms with Gasteiger partial charge in [-0.1, -0.05) is 315 Å². The number of hydrogen-bond donors (Lipinski definition) is 0. The Morgan fingerprint density at radius 1 is 0.143 bits per heavy atom. The van der Waals surface area contributed by atoms with Crippen LogP contribution >= 0.6 is 0 Å². The summed E-state index contributed by atoms with van der Waals surface area (Å²) in [5, 5.41) is 18.0. The largest absolute Gasteiger partial charge is 0.454 e. The van der Waals surface area contributed by atoms with Crippen molar-refractivity contribution in [2.24, 2.45) is 0 Å². The van der Waals surface area contributed by atoms with E-state index in [-0.39, 0.29) is 0 Å². The number of hydrogen-bond acceptors (Lipinski definition) is 6. The van der Waals surface area contributed by atoms with E-state index in [1.165, 1.54) is 32.5 Å². The molecule has 6 nitrogen and oxygen atoms in total. The number of fused-ring (bicyclic) bond motifs is 18. The number of benzene rings is 19. The van der Waals surface area contributed by atoms with Crippen LogP contribution in [-0.2, 0) is 0 Å². The monoisotopic (exact) mass is 1430 g/mol. The molecule has 4 aromatic heterocycles. The Kier molecular flexibility index (Phi) is 15.2. The SMILES string of the molecule is c1ccc(-c2ccc3c(c2)oc2c(N(c4cc5ccccc5c5ccccc45)c4cccc5c4oc4c(-c6ccccc6)cc(-c6ccccc6)cc45)cccc23)cc1.c1ccc(-c2ccc3c(c2)oc2c(N(c4cc5ccccc5c5ccccc45)c4cccc5c4oc4ccc(-c6ccccc6)cc45)cccc23)cc1. The Hall–Kier alpha value is -15.0. The summed E-state index contributed by atoms with van der Waals surface area (Å²) in [6.07, 6.45) is 0. The number of para-hydroxylation sites is 4. The van der Waals surface area contributed by atoms with Crippen LogP contribution < -0.4 is 9.80 Å². The fourth-order valence-corrected chi connectivity index (χ4v) is 17.2. The summed E-state index contributed by atoms with van der Waals surface area (Å²) in [6.45, 7) is 0. The van der Waals surface area contributed by atoms with Gasteiger partial charge in [-0.2, -0.15) is 0 Å². The highest BCUT2D eigenvalue weighted by Crippen LogP contribution is 2.53. The van der Waals surface area contributed by atoms with Crippen LogP contribution in [0.4, 0.5) is 34.1 Å². The summed E-state index contributed by atoms with van der Waals surface area (Å²) in [5.74, 6) is 0. The molecule has 0 spiro atoms. The molecule has 0 atom stereocenters. The molecule has 0 fully saturated rings. The van der Waals surface area contributed by atoms with Crippen LogP contribution in [0.3, 0.4) is 0 Å². The summed E-state index contributed by atoms with van der Waals surface area (Å²) in [4.78, 5) is 4.71. The van der Waals surface area contributed by atoms with Gasteiger partial charge in [0.1, 0.15) is 22.3 Å². The molecular formula is C106H66N2O4. The Morgan fingerprint density at radius 2 is 0.464 bits per heavy atom. The zero-order valence-corrected chi connectivity index (χ0v) is 60.6. The highest BCUT2D eigenvalue weighted by atomic mass is 16.3. The zero-order chi connectivity index (χ0) is 73.7. The average molecular weight is 1430 g/mol. The predicted molar refractivity (Wildman–Crippen MR) is 469 cm³/mol. The molecule has 0 N–H and O–H groups in total. The first-order chi connectivity index (χ1) is 55.5. The minimum atomic E-state index is 0.807. The average Bonchev–Trinajstić information content (AvgIpc) is 1.62. The van der Waals surface area contributed by atoms with Gasteiger partial charge in [0.25, 0.3) is 0 Å². The normalized spacial score (nSPS) is 11.8. The van der Waals surface area contributed by atoms with Crippen LogP contribution in [0.5, 0.6) is 0 Å². The maximum Gasteiger partial charge on any atom is 0.159 e. The van der Waals surface area contributed by atoms with Crippen molar-refractivity contribution in [1.29, 1.82) is 0 Å². The molecule has 0 aliphatic heterocycles. The van der Waals surface area contributed by atoms with Gasteiger partial charge in [0.2, 0.25) is 0 Å². The van der Waals surface area contributed by atoms with Gasteiger partial charge >= 0.3 is 0 Å². The standard InChI is InChI=1S/C56H35NO2.C50H31NO2/c1-4-16-36(17-5-1)39-30-31-45-46-26-14-28-50(55(46)58-53(45)35-39)57(52-34-40-22-10-11-23-42(40)43-24-12-13-25-44(43)52)51-29-15-27-47-49-33-41(37-18-6-2-7-19-37)32-48(54(49)59-56(47)51)38-20-8-3-9-21-38;1-3-13-32(14-4-1)34-26-28-47-43(29-34)42-22-12-24-45(50(42)52-47)51(46-30-36-17-7-8-18-37(36)38-19-9-10-20-39(38)46)44-23-11-21-41-40-27-25-35(31-48(40)53-49(41)44)33-15-5-2-6-16-33/h1-35H;1-31H. The van der Waals surface area contributed by atoms with E-state index in [1.54, 1.807) is 0 Å². The van der Waals surface area contributed by atoms with Crippen LogP contribution in [0, 0.1) is 0 Å². The molecule has 0 aliphatic carbocycles. The van der Waals surface area contributed by atoms with Gasteiger partial charge in [-0.05, 0) is 167 Å². The minimum absolute atomic E-state index is 0.807. The molecule has 0 amide bonds. The van der Waals surface area contributed by atoms with Crippen molar-refractivity contribution in [3.63, 3.8) is 0 Å². The van der Waals surface area contributed by atoms with Crippen LogP contribution in [-0.4, -0.2) is 0 Å². The van der Waals surface area contributed by atoms with E-state index in [1.807, 2.05) is 12.1 Å². The zero-order valence-electron chi connectivity index (χ0n) is 60.6. The fourth-order valence-electron chi connectivity index (χ4n) is 17.2. The maximum absolute atomic E-state index is 7.25. The van der Waals surface area contributed by atoms with E-state index >= 15 is 0 Å². The molecule has 0 aliphatic rings. The number of rotatable bonds is 11. The quantitative estimate of drug-likeness (QED) is 0.120. The molecule has 4 heterocycles. The lowest BCUT2D eigenvalue weighted by molar-refractivity contribution is 0.666. The maximum atomic E-state index is 7.25. The highest BCUT2D eigenvalue weighted by molar-refractivity contribution is 6.23. The molecule has 0 bridgehead atoms. The van der Waals surface area contributed by atoms with E-state index in [4.69, 9.17) is 17.7 Å². The van der Waals surface area contributed by atoms with Gasteiger partial charge in [0.05, 0.1) is 34.1 Å². The number of nitrogens with zero attached hydrogens (tertiary/aromatic N) is 2. The summed E-state index contributed by atoms with van der Waals surface area (Å²) in [6, 6.07) is 142. The van der Waals surface area contributed by atoms with E-state index in [2.05, 4.69) is 398 Å². The summed E-state index contributed by atoms with van der Waals surface area (Å²) in [7, 11) is 0. The lowest BCUT2D eigenvalue weighted by Crippen LogP contribution is -2.11. The molecule has 23 aromatic rings. The van der Waals surface area contributed by atoms with E-state index in [0.29, 0.717) is 0 Å². The van der Waals surface area contributed by atoms with Gasteiger partial charge in [-0.3, -0.25) is 0 Å². The third-order valence-corrected chi connectivity index (χ3v) is 22.5. The van der Waals surface area contributed by atoms with E-state index < -0.39 is 0 Å². The first-order valence-corrected chi connectivity index (χ1v) is 38.1. The molecule has 524 valence electrons. The molecule has 0 unspecified atom stereocenters. The van der Waals surface area contributed by atoms with Gasteiger partial charge in [-0.15, -0.1) is 0 Å². The Balaban J connectivity index is 0.000000138. The summed E-state index contributed by atoms with van der Waals surface area (Å²) in [5.41, 5.74) is 23.9. The van der Waals surface area contributed by atoms with E-state index in [0.717, 1.165) is 188 Å². The third-order valence-electron chi connectivity index (χ3n) is 22.5. The first kappa shape index (κ1) is 64.2. The minimum Gasteiger partial charge on any atom is -0.454 e. The van der Waals surface area contributed by atoms with Gasteiger partial charge in [0, 0.05) is 59.4 Å².